The van der Waals surface area contributed by atoms with Crippen molar-refractivity contribution in [3.05, 3.63) is 82.9 Å². The lowest BCUT2D eigenvalue weighted by atomic mass is 9.95. The molecule has 5 rings (SSSR count). The Morgan fingerprint density at radius 3 is 2.27 bits per heavy atom. The summed E-state index contributed by atoms with van der Waals surface area (Å²) in [5, 5.41) is 8.82. The molecule has 4 unspecified atom stereocenters. The SMILES string of the molecule is C.CCC1CN(C(Cc2ccc3ccccc3c2)C(=O)NC)CCN1C(=O)C(Cc1ccc(Cl)cc1)NC(=O)C1CCCN(C(=O)OC(C)(C)C)C1. The van der Waals surface area contributed by atoms with Crippen LogP contribution in [0, 0.1) is 5.92 Å². The Hall–Kier alpha value is -4.15. The van der Waals surface area contributed by atoms with Gasteiger partial charge in [0.05, 0.1) is 12.0 Å². The molecule has 4 amide bonds. The first-order valence-electron chi connectivity index (χ1n) is 18.1. The number of fused-ring (bicyclic) bond motifs is 1. The maximum Gasteiger partial charge on any atom is 0.410 e. The van der Waals surface area contributed by atoms with E-state index in [0.29, 0.717) is 63.3 Å². The Morgan fingerprint density at radius 1 is 0.904 bits per heavy atom. The van der Waals surface area contributed by atoms with Crippen molar-refractivity contribution in [2.24, 2.45) is 5.92 Å². The summed E-state index contributed by atoms with van der Waals surface area (Å²) in [6.07, 6.45) is 2.37. The molecule has 2 aliphatic rings. The second kappa shape index (κ2) is 18.1. The quantitative estimate of drug-likeness (QED) is 0.261. The van der Waals surface area contributed by atoms with Crippen LogP contribution in [-0.2, 0) is 32.0 Å². The van der Waals surface area contributed by atoms with Gasteiger partial charge in [0, 0.05) is 57.3 Å². The van der Waals surface area contributed by atoms with Crippen molar-refractivity contribution in [1.29, 1.82) is 0 Å². The number of piperidine rings is 1. The number of halogens is 1. The molecule has 52 heavy (non-hydrogen) atoms. The van der Waals surface area contributed by atoms with Crippen LogP contribution < -0.4 is 10.6 Å². The molecule has 2 heterocycles. The van der Waals surface area contributed by atoms with Crippen LogP contribution in [0.3, 0.4) is 0 Å². The van der Waals surface area contributed by atoms with Crippen molar-refractivity contribution >= 4 is 46.2 Å². The maximum absolute atomic E-state index is 14.5. The average Bonchev–Trinajstić information content (AvgIpc) is 3.12. The molecule has 0 saturated carbocycles. The van der Waals surface area contributed by atoms with E-state index in [-0.39, 0.29) is 37.7 Å². The molecule has 10 nitrogen and oxygen atoms in total. The molecule has 0 radical (unpaired) electrons. The molecule has 3 aromatic rings. The smallest absolute Gasteiger partial charge is 0.410 e. The lowest BCUT2D eigenvalue weighted by Gasteiger charge is -2.45. The van der Waals surface area contributed by atoms with Gasteiger partial charge >= 0.3 is 6.09 Å². The van der Waals surface area contributed by atoms with Gasteiger partial charge in [-0.15, -0.1) is 0 Å². The van der Waals surface area contributed by atoms with Gasteiger partial charge in [0.1, 0.15) is 11.6 Å². The third kappa shape index (κ3) is 10.5. The Morgan fingerprint density at radius 2 is 1.60 bits per heavy atom. The first-order valence-corrected chi connectivity index (χ1v) is 18.5. The topological polar surface area (TPSA) is 111 Å². The van der Waals surface area contributed by atoms with E-state index in [4.69, 9.17) is 16.3 Å². The standard InChI is InChI=1S/C40H52ClN5O5.CH4/c1-6-33-26-44(35(37(48)42-5)24-28-13-16-29-10-7-8-11-30(29)22-28)20-21-46(33)38(49)34(23-27-14-17-32(41)18-15-27)43-36(47)31-12-9-19-45(25-31)39(50)51-40(2,3)4;/h7-8,10-11,13-18,22,31,33-35H,6,9,12,19-21,23-26H2,1-5H3,(H,42,48)(H,43,47);1H4. The summed E-state index contributed by atoms with van der Waals surface area (Å²) in [4.78, 5) is 60.1. The number of ether oxygens (including phenoxy) is 1. The zero-order valence-electron chi connectivity index (χ0n) is 30.5. The van der Waals surface area contributed by atoms with Crippen LogP contribution >= 0.6 is 11.6 Å². The van der Waals surface area contributed by atoms with Crippen LogP contribution in [0.2, 0.25) is 5.02 Å². The predicted octanol–water partition coefficient (Wildman–Crippen LogP) is 6.08. The lowest BCUT2D eigenvalue weighted by molar-refractivity contribution is -0.143. The monoisotopic (exact) mass is 733 g/mol. The number of nitrogens with zero attached hydrogens (tertiary/aromatic N) is 3. The summed E-state index contributed by atoms with van der Waals surface area (Å²) in [5.41, 5.74) is 1.31. The normalized spacial score (nSPS) is 19.3. The van der Waals surface area contributed by atoms with Crippen molar-refractivity contribution in [3.8, 4) is 0 Å². The molecular formula is C41H56ClN5O5. The van der Waals surface area contributed by atoms with E-state index < -0.39 is 29.7 Å². The van der Waals surface area contributed by atoms with E-state index in [1.807, 2.05) is 56.9 Å². The summed E-state index contributed by atoms with van der Waals surface area (Å²) < 4.78 is 5.57. The van der Waals surface area contributed by atoms with E-state index in [1.54, 1.807) is 24.1 Å². The highest BCUT2D eigenvalue weighted by atomic mass is 35.5. The maximum atomic E-state index is 14.5. The number of carbonyl (C=O) groups excluding carboxylic acids is 4. The minimum atomic E-state index is -0.816. The highest BCUT2D eigenvalue weighted by Gasteiger charge is 2.39. The van der Waals surface area contributed by atoms with E-state index in [0.717, 1.165) is 21.9 Å². The number of likely N-dealkylation sites (N-methyl/N-ethyl adjacent to an activating group) is 1. The molecular weight excluding hydrogens is 678 g/mol. The van der Waals surface area contributed by atoms with Crippen molar-refractivity contribution in [3.63, 3.8) is 0 Å². The molecule has 2 saturated heterocycles. The fraction of sp³-hybridized carbons (Fsp3) is 0.512. The average molecular weight is 734 g/mol. The summed E-state index contributed by atoms with van der Waals surface area (Å²) in [6, 6.07) is 20.4. The van der Waals surface area contributed by atoms with Gasteiger partial charge < -0.3 is 25.2 Å². The number of likely N-dealkylation sites (tertiary alicyclic amines) is 1. The molecule has 3 aromatic carbocycles. The second-order valence-electron chi connectivity index (χ2n) is 14.8. The fourth-order valence-electron chi connectivity index (χ4n) is 7.17. The van der Waals surface area contributed by atoms with Crippen molar-refractivity contribution < 1.29 is 23.9 Å². The zero-order valence-corrected chi connectivity index (χ0v) is 31.2. The second-order valence-corrected chi connectivity index (χ2v) is 15.2. The number of nitrogens with one attached hydrogen (secondary N) is 2. The van der Waals surface area contributed by atoms with Gasteiger partial charge in [0.25, 0.3) is 0 Å². The predicted molar refractivity (Wildman–Crippen MR) is 207 cm³/mol. The Bertz CT molecular complexity index is 1690. The van der Waals surface area contributed by atoms with E-state index in [2.05, 4.69) is 45.9 Å². The van der Waals surface area contributed by atoms with Crippen molar-refractivity contribution in [2.45, 2.75) is 91.0 Å². The minimum absolute atomic E-state index is 0. The third-order valence-corrected chi connectivity index (χ3v) is 10.2. The van der Waals surface area contributed by atoms with Crippen LogP contribution in [0.5, 0.6) is 0 Å². The van der Waals surface area contributed by atoms with E-state index >= 15 is 0 Å². The van der Waals surface area contributed by atoms with Crippen LogP contribution in [0.1, 0.15) is 65.5 Å². The third-order valence-electron chi connectivity index (χ3n) is 9.91. The van der Waals surface area contributed by atoms with Gasteiger partial charge in [-0.25, -0.2) is 4.79 Å². The summed E-state index contributed by atoms with van der Waals surface area (Å²) >= 11 is 6.16. The molecule has 0 aromatic heterocycles. The number of rotatable bonds is 10. The molecule has 11 heteroatoms. The number of hydrogen-bond acceptors (Lipinski definition) is 6. The minimum Gasteiger partial charge on any atom is -0.444 e. The van der Waals surface area contributed by atoms with Gasteiger partial charge in [0.15, 0.2) is 0 Å². The molecule has 0 aliphatic carbocycles. The first-order chi connectivity index (χ1) is 24.3. The Balaban J connectivity index is 0.00000605. The van der Waals surface area contributed by atoms with Gasteiger partial charge in [-0.05, 0) is 80.5 Å². The Labute approximate surface area is 314 Å². The van der Waals surface area contributed by atoms with E-state index in [1.165, 1.54) is 0 Å². The van der Waals surface area contributed by atoms with Crippen LogP contribution in [0.25, 0.3) is 10.8 Å². The van der Waals surface area contributed by atoms with Gasteiger partial charge in [-0.2, -0.15) is 0 Å². The first kappa shape index (κ1) is 40.6. The molecule has 0 bridgehead atoms. The highest BCUT2D eigenvalue weighted by Crippen LogP contribution is 2.24. The number of piperazine rings is 1. The number of carbonyl (C=O) groups is 4. The largest absolute Gasteiger partial charge is 0.444 e. The Kier molecular flexibility index (Phi) is 14.1. The number of amides is 4. The molecule has 2 N–H and O–H groups in total. The van der Waals surface area contributed by atoms with Crippen molar-refractivity contribution in [1.82, 2.24) is 25.3 Å². The van der Waals surface area contributed by atoms with Gasteiger partial charge in [-0.1, -0.05) is 80.5 Å². The van der Waals surface area contributed by atoms with E-state index in [9.17, 15) is 19.2 Å². The zero-order chi connectivity index (χ0) is 36.7. The van der Waals surface area contributed by atoms with Crippen molar-refractivity contribution in [2.75, 3.05) is 39.8 Å². The lowest BCUT2D eigenvalue weighted by Crippen LogP contribution is -2.63. The van der Waals surface area contributed by atoms with Crippen LogP contribution in [0.15, 0.2) is 66.7 Å². The molecule has 0 spiro atoms. The number of benzene rings is 3. The molecule has 2 fully saturated rings. The molecule has 282 valence electrons. The fourth-order valence-corrected chi connectivity index (χ4v) is 7.30. The number of hydrogen-bond donors (Lipinski definition) is 2. The van der Waals surface area contributed by atoms with Gasteiger partial charge in [0.2, 0.25) is 17.7 Å². The molecule has 2 aliphatic heterocycles. The van der Waals surface area contributed by atoms with Gasteiger partial charge in [-0.3, -0.25) is 19.3 Å². The van der Waals surface area contributed by atoms with Crippen LogP contribution in [-0.4, -0.2) is 102 Å². The summed E-state index contributed by atoms with van der Waals surface area (Å²) in [7, 11) is 1.66. The summed E-state index contributed by atoms with van der Waals surface area (Å²) in [6.45, 7) is 9.73. The molecule has 4 atom stereocenters. The van der Waals surface area contributed by atoms with Crippen LogP contribution in [0.4, 0.5) is 4.79 Å². The summed E-state index contributed by atoms with van der Waals surface area (Å²) in [5.74, 6) is -0.930. The highest BCUT2D eigenvalue weighted by molar-refractivity contribution is 6.30.